The lowest BCUT2D eigenvalue weighted by Gasteiger charge is -2.29. The van der Waals surface area contributed by atoms with Gasteiger partial charge in [-0.15, -0.1) is 0 Å². The largest absolute Gasteiger partial charge is 0.453 e. The van der Waals surface area contributed by atoms with Crippen molar-refractivity contribution in [2.24, 2.45) is 5.92 Å². The van der Waals surface area contributed by atoms with Gasteiger partial charge in [-0.05, 0) is 42.5 Å². The number of carbonyl (C=O) groups excluding carboxylic acids is 5. The predicted octanol–water partition coefficient (Wildman–Crippen LogP) is 5.69. The van der Waals surface area contributed by atoms with Crippen molar-refractivity contribution in [1.82, 2.24) is 4.90 Å². The van der Waals surface area contributed by atoms with Gasteiger partial charge in [0.2, 0.25) is 5.91 Å². The normalized spacial score (nSPS) is 16.0. The lowest BCUT2D eigenvalue weighted by atomic mass is 9.89. The van der Waals surface area contributed by atoms with Crippen molar-refractivity contribution in [3.8, 4) is 0 Å². The number of amides is 2. The van der Waals surface area contributed by atoms with Crippen molar-refractivity contribution in [2.75, 3.05) is 13.2 Å². The maximum atomic E-state index is 14.1. The van der Waals surface area contributed by atoms with E-state index in [2.05, 4.69) is 0 Å². The first-order valence-electron chi connectivity index (χ1n) is 15.4. The molecule has 0 saturated carbocycles. The quantitative estimate of drug-likeness (QED) is 0.123. The Morgan fingerprint density at radius 2 is 1.48 bits per heavy atom. The van der Waals surface area contributed by atoms with Crippen molar-refractivity contribution in [3.05, 3.63) is 83.9 Å². The van der Waals surface area contributed by atoms with Crippen molar-refractivity contribution in [2.45, 2.75) is 83.3 Å². The van der Waals surface area contributed by atoms with Crippen LogP contribution in [0, 0.1) is 5.92 Å². The number of carbonyl (C=O) groups is 5. The van der Waals surface area contributed by atoms with Crippen LogP contribution in [0.25, 0.3) is 0 Å². The minimum atomic E-state index is -1.56. The molecule has 3 atom stereocenters. The number of ketones is 2. The van der Waals surface area contributed by atoms with Gasteiger partial charge in [-0.2, -0.15) is 0 Å². The minimum Gasteiger partial charge on any atom is -0.453 e. The molecule has 9 heteroatoms. The number of hydrogen-bond acceptors (Lipinski definition) is 8. The molecular formula is C35H43NO8. The van der Waals surface area contributed by atoms with Crippen molar-refractivity contribution in [1.29, 1.82) is 0 Å². The maximum Gasteiger partial charge on any atom is 0.417 e. The third-order valence-corrected chi connectivity index (χ3v) is 7.61. The van der Waals surface area contributed by atoms with Gasteiger partial charge in [-0.25, -0.2) is 9.69 Å². The van der Waals surface area contributed by atoms with Crippen LogP contribution >= 0.6 is 0 Å². The SMILES string of the molecule is CC(=O)O[C@@H](C(=O)C=CC(=O)CCCCCCCCCCO)[C@@H](Cc1ccccc1)C(=O)N1C(=O)OC[C@H]1c1ccccc1. The van der Waals surface area contributed by atoms with Gasteiger partial charge in [0.15, 0.2) is 17.7 Å². The summed E-state index contributed by atoms with van der Waals surface area (Å²) in [4.78, 5) is 66.1. The van der Waals surface area contributed by atoms with Crippen LogP contribution in [0.5, 0.6) is 0 Å². The fraction of sp³-hybridized carbons (Fsp3) is 0.457. The number of ether oxygens (including phenoxy) is 2. The number of aliphatic hydroxyl groups excluding tert-OH is 1. The summed E-state index contributed by atoms with van der Waals surface area (Å²) < 4.78 is 10.7. The van der Waals surface area contributed by atoms with Gasteiger partial charge < -0.3 is 14.6 Å². The van der Waals surface area contributed by atoms with Gasteiger partial charge in [0.05, 0.1) is 5.92 Å². The summed E-state index contributed by atoms with van der Waals surface area (Å²) in [5.41, 5.74) is 1.39. The number of allylic oxidation sites excluding steroid dienone is 1. The average Bonchev–Trinajstić information content (AvgIpc) is 3.42. The standard InChI is InChI=1S/C35H43NO8/c1-26(38)44-33(32(40)22-21-29(39)20-14-6-4-2-3-5-7-15-23-37)30(24-27-16-10-8-11-17-27)34(41)36-31(25-43-35(36)42)28-18-12-9-13-19-28/h8-13,16-19,21-22,30-31,33,37H,2-7,14-15,20,23-25H2,1H3/t30-,31+,33-/m1/s1. The fourth-order valence-electron chi connectivity index (χ4n) is 5.30. The van der Waals surface area contributed by atoms with Gasteiger partial charge in [0, 0.05) is 20.0 Å². The Kier molecular flexibility index (Phi) is 14.5. The summed E-state index contributed by atoms with van der Waals surface area (Å²) in [6.45, 7) is 1.32. The topological polar surface area (TPSA) is 127 Å². The van der Waals surface area contributed by atoms with E-state index in [1.54, 1.807) is 48.5 Å². The zero-order valence-electron chi connectivity index (χ0n) is 25.4. The molecule has 1 aliphatic heterocycles. The van der Waals surface area contributed by atoms with E-state index >= 15 is 0 Å². The zero-order chi connectivity index (χ0) is 31.7. The molecule has 0 aliphatic carbocycles. The molecule has 1 aliphatic rings. The molecule has 1 saturated heterocycles. The second-order valence-electron chi connectivity index (χ2n) is 11.0. The van der Waals surface area contributed by atoms with Crippen LogP contribution in [0.3, 0.4) is 0 Å². The molecule has 0 spiro atoms. The Balaban J connectivity index is 1.73. The second kappa shape index (κ2) is 18.5. The Morgan fingerprint density at radius 1 is 0.886 bits per heavy atom. The summed E-state index contributed by atoms with van der Waals surface area (Å²) in [6.07, 6.45) is 7.85. The highest BCUT2D eigenvalue weighted by Crippen LogP contribution is 2.31. The Hall–Kier alpha value is -4.11. The molecule has 2 aromatic carbocycles. The third-order valence-electron chi connectivity index (χ3n) is 7.61. The van der Waals surface area contributed by atoms with Crippen LogP contribution in [-0.4, -0.2) is 58.9 Å². The molecule has 3 rings (SSSR count). The molecular weight excluding hydrogens is 562 g/mol. The molecule has 2 amide bonds. The summed E-state index contributed by atoms with van der Waals surface area (Å²) in [5, 5.41) is 8.84. The zero-order valence-corrected chi connectivity index (χ0v) is 25.4. The number of unbranched alkanes of at least 4 members (excludes halogenated alkanes) is 7. The van der Waals surface area contributed by atoms with E-state index in [0.717, 1.165) is 62.8 Å². The summed E-state index contributed by atoms with van der Waals surface area (Å²) >= 11 is 0. The van der Waals surface area contributed by atoms with Crippen LogP contribution in [-0.2, 0) is 35.1 Å². The molecule has 0 radical (unpaired) electrons. The first-order chi connectivity index (χ1) is 21.3. The smallest absolute Gasteiger partial charge is 0.417 e. The van der Waals surface area contributed by atoms with Gasteiger partial charge >= 0.3 is 12.1 Å². The molecule has 1 heterocycles. The second-order valence-corrected chi connectivity index (χ2v) is 11.0. The molecule has 2 aromatic rings. The van der Waals surface area contributed by atoms with E-state index in [9.17, 15) is 24.0 Å². The van der Waals surface area contributed by atoms with Crippen molar-refractivity contribution >= 4 is 29.5 Å². The number of nitrogens with zero attached hydrogens (tertiary/aromatic N) is 1. The van der Waals surface area contributed by atoms with E-state index in [0.29, 0.717) is 17.5 Å². The molecule has 44 heavy (non-hydrogen) atoms. The molecule has 1 fully saturated rings. The Morgan fingerprint density at radius 3 is 2.09 bits per heavy atom. The number of esters is 1. The van der Waals surface area contributed by atoms with E-state index in [-0.39, 0.29) is 31.8 Å². The van der Waals surface area contributed by atoms with Crippen molar-refractivity contribution in [3.63, 3.8) is 0 Å². The van der Waals surface area contributed by atoms with Crippen molar-refractivity contribution < 1.29 is 38.6 Å². The number of aliphatic hydroxyl groups is 1. The van der Waals surface area contributed by atoms with Gasteiger partial charge in [0.25, 0.3) is 0 Å². The molecule has 9 nitrogen and oxygen atoms in total. The average molecular weight is 606 g/mol. The van der Waals surface area contributed by atoms with E-state index in [1.165, 1.54) is 6.08 Å². The van der Waals surface area contributed by atoms with Crippen LogP contribution in [0.4, 0.5) is 4.79 Å². The van der Waals surface area contributed by atoms with E-state index in [4.69, 9.17) is 14.6 Å². The number of imide groups is 1. The lowest BCUT2D eigenvalue weighted by Crippen LogP contribution is -2.47. The van der Waals surface area contributed by atoms with E-state index in [1.807, 2.05) is 12.1 Å². The third kappa shape index (κ3) is 10.9. The van der Waals surface area contributed by atoms with Gasteiger partial charge in [0.1, 0.15) is 12.6 Å². The van der Waals surface area contributed by atoms with Crippen LogP contribution in [0.2, 0.25) is 0 Å². The van der Waals surface area contributed by atoms with Crippen LogP contribution in [0.15, 0.2) is 72.8 Å². The molecule has 0 aromatic heterocycles. The first kappa shape index (κ1) is 34.4. The van der Waals surface area contributed by atoms with Crippen LogP contribution < -0.4 is 0 Å². The lowest BCUT2D eigenvalue weighted by molar-refractivity contribution is -0.158. The minimum absolute atomic E-state index is 0.0104. The highest BCUT2D eigenvalue weighted by Gasteiger charge is 2.46. The molecule has 0 bridgehead atoms. The molecule has 1 N–H and O–H groups in total. The number of benzene rings is 2. The Bertz CT molecular complexity index is 1260. The Labute approximate surface area is 259 Å². The highest BCUT2D eigenvalue weighted by atomic mass is 16.6. The summed E-state index contributed by atoms with van der Waals surface area (Å²) in [6, 6.07) is 17.2. The highest BCUT2D eigenvalue weighted by molar-refractivity contribution is 6.04. The van der Waals surface area contributed by atoms with Crippen LogP contribution in [0.1, 0.15) is 81.9 Å². The molecule has 236 valence electrons. The number of cyclic esters (lactones) is 1. The fourth-order valence-corrected chi connectivity index (χ4v) is 5.30. The predicted molar refractivity (Wildman–Crippen MR) is 164 cm³/mol. The van der Waals surface area contributed by atoms with Gasteiger partial charge in [-0.3, -0.25) is 19.2 Å². The van der Waals surface area contributed by atoms with Gasteiger partial charge in [-0.1, -0.05) is 99.2 Å². The number of hydrogen-bond donors (Lipinski definition) is 1. The maximum absolute atomic E-state index is 14.1. The summed E-state index contributed by atoms with van der Waals surface area (Å²) in [5.74, 6) is -3.67. The van der Waals surface area contributed by atoms with E-state index < -0.39 is 41.8 Å². The monoisotopic (exact) mass is 605 g/mol. The number of rotatable bonds is 19. The molecule has 0 unspecified atom stereocenters. The summed E-state index contributed by atoms with van der Waals surface area (Å²) in [7, 11) is 0. The first-order valence-corrected chi connectivity index (χ1v) is 15.4.